The largest absolute Gasteiger partial charge is 0.304 e. The summed E-state index contributed by atoms with van der Waals surface area (Å²) in [6, 6.07) is 8.21. The maximum absolute atomic E-state index is 8.85. The van der Waals surface area contributed by atoms with Crippen molar-refractivity contribution < 1.29 is 0 Å². The number of hydrogen-bond acceptors (Lipinski definition) is 4. The maximum atomic E-state index is 8.85. The summed E-state index contributed by atoms with van der Waals surface area (Å²) in [5.74, 6) is 0. The van der Waals surface area contributed by atoms with Gasteiger partial charge in [0, 0.05) is 17.6 Å². The molecule has 0 spiro atoms. The molecule has 1 aromatic carbocycles. The molecule has 0 radical (unpaired) electrons. The zero-order chi connectivity index (χ0) is 13.8. The van der Waals surface area contributed by atoms with Crippen LogP contribution in [0.5, 0.6) is 0 Å². The average Bonchev–Trinajstić information content (AvgIpc) is 2.83. The third-order valence-electron chi connectivity index (χ3n) is 3.08. The summed E-state index contributed by atoms with van der Waals surface area (Å²) in [6.07, 6.45) is 0. The van der Waals surface area contributed by atoms with Crippen LogP contribution in [-0.2, 0) is 6.54 Å². The van der Waals surface area contributed by atoms with E-state index in [-0.39, 0.29) is 6.04 Å². The van der Waals surface area contributed by atoms with Gasteiger partial charge in [0.25, 0.3) is 0 Å². The van der Waals surface area contributed by atoms with Gasteiger partial charge in [0.05, 0.1) is 17.7 Å². The van der Waals surface area contributed by atoms with Gasteiger partial charge >= 0.3 is 0 Å². The zero-order valence-electron chi connectivity index (χ0n) is 11.4. The van der Waals surface area contributed by atoms with Crippen LogP contribution < -0.4 is 5.32 Å². The molecule has 0 fully saturated rings. The monoisotopic (exact) mass is 271 g/mol. The molecule has 1 atom stereocenters. The first-order valence-corrected chi connectivity index (χ1v) is 7.13. The lowest BCUT2D eigenvalue weighted by Gasteiger charge is -2.12. The minimum Gasteiger partial charge on any atom is -0.304 e. The number of hydrogen-bond donors (Lipinski definition) is 1. The van der Waals surface area contributed by atoms with Gasteiger partial charge in [-0.1, -0.05) is 6.07 Å². The fraction of sp³-hybridized carbons (Fsp3) is 0.333. The molecule has 2 aromatic rings. The molecular formula is C15H17N3S. The van der Waals surface area contributed by atoms with E-state index >= 15 is 0 Å². The van der Waals surface area contributed by atoms with Gasteiger partial charge in [-0.3, -0.25) is 0 Å². The third-order valence-corrected chi connectivity index (χ3v) is 4.22. The summed E-state index contributed by atoms with van der Waals surface area (Å²) in [5.41, 5.74) is 4.15. The summed E-state index contributed by atoms with van der Waals surface area (Å²) >= 11 is 1.69. The maximum Gasteiger partial charge on any atom is 0.110 e. The number of nitriles is 1. The van der Waals surface area contributed by atoms with Gasteiger partial charge in [0.1, 0.15) is 5.01 Å². The van der Waals surface area contributed by atoms with E-state index in [0.717, 1.165) is 22.8 Å². The van der Waals surface area contributed by atoms with E-state index < -0.39 is 0 Å². The molecule has 19 heavy (non-hydrogen) atoms. The molecule has 0 aliphatic heterocycles. The molecule has 0 bridgehead atoms. The van der Waals surface area contributed by atoms with Crippen LogP contribution in [0.1, 0.15) is 40.4 Å². The van der Waals surface area contributed by atoms with Crippen molar-refractivity contribution in [3.63, 3.8) is 0 Å². The van der Waals surface area contributed by atoms with E-state index in [2.05, 4.69) is 28.7 Å². The fourth-order valence-corrected chi connectivity index (χ4v) is 2.71. The summed E-state index contributed by atoms with van der Waals surface area (Å²) in [5, 5.41) is 15.5. The summed E-state index contributed by atoms with van der Waals surface area (Å²) in [6.45, 7) is 6.96. The molecular weight excluding hydrogens is 254 g/mol. The Morgan fingerprint density at radius 1 is 1.42 bits per heavy atom. The first kappa shape index (κ1) is 13.7. The first-order valence-electron chi connectivity index (χ1n) is 6.25. The Bertz CT molecular complexity index is 610. The fourth-order valence-electron chi connectivity index (χ4n) is 1.89. The zero-order valence-corrected chi connectivity index (χ0v) is 12.2. The highest BCUT2D eigenvalue weighted by atomic mass is 32.1. The van der Waals surface area contributed by atoms with Gasteiger partial charge in [-0.05, 0) is 44.0 Å². The molecule has 0 saturated heterocycles. The van der Waals surface area contributed by atoms with Crippen LogP contribution in [0.2, 0.25) is 0 Å². The number of aromatic nitrogens is 1. The van der Waals surface area contributed by atoms with Crippen LogP contribution in [0.3, 0.4) is 0 Å². The highest BCUT2D eigenvalue weighted by Gasteiger charge is 2.09. The van der Waals surface area contributed by atoms with Crippen LogP contribution >= 0.6 is 11.3 Å². The second kappa shape index (κ2) is 5.96. The Balaban J connectivity index is 2.01. The Morgan fingerprint density at radius 3 is 2.79 bits per heavy atom. The van der Waals surface area contributed by atoms with E-state index in [9.17, 15) is 0 Å². The lowest BCUT2D eigenvalue weighted by molar-refractivity contribution is 0.570. The Morgan fingerprint density at radius 2 is 2.21 bits per heavy atom. The number of rotatable bonds is 4. The van der Waals surface area contributed by atoms with Crippen molar-refractivity contribution in [1.29, 1.82) is 5.26 Å². The average molecular weight is 271 g/mol. The van der Waals surface area contributed by atoms with Gasteiger partial charge in [0.15, 0.2) is 0 Å². The van der Waals surface area contributed by atoms with Crippen molar-refractivity contribution in [2.45, 2.75) is 33.4 Å². The second-order valence-corrected chi connectivity index (χ2v) is 5.57. The highest BCUT2D eigenvalue weighted by molar-refractivity contribution is 7.09. The van der Waals surface area contributed by atoms with Crippen molar-refractivity contribution in [2.75, 3.05) is 0 Å². The quantitative estimate of drug-likeness (QED) is 0.926. The minimum atomic E-state index is 0.244. The highest BCUT2D eigenvalue weighted by Crippen LogP contribution is 2.18. The van der Waals surface area contributed by atoms with E-state index in [1.807, 2.05) is 32.0 Å². The van der Waals surface area contributed by atoms with Crippen molar-refractivity contribution >= 4 is 11.3 Å². The predicted molar refractivity (Wildman–Crippen MR) is 78.0 cm³/mol. The van der Waals surface area contributed by atoms with E-state index in [4.69, 9.17) is 5.26 Å². The molecule has 2 rings (SSSR count). The molecule has 1 aromatic heterocycles. The summed E-state index contributed by atoms with van der Waals surface area (Å²) in [7, 11) is 0. The molecule has 3 nitrogen and oxygen atoms in total. The number of thiazole rings is 1. The summed E-state index contributed by atoms with van der Waals surface area (Å²) in [4.78, 5) is 4.49. The van der Waals surface area contributed by atoms with Crippen molar-refractivity contribution in [2.24, 2.45) is 0 Å². The smallest absolute Gasteiger partial charge is 0.110 e. The Hall–Kier alpha value is -1.70. The Kier molecular flexibility index (Phi) is 4.31. The lowest BCUT2D eigenvalue weighted by atomic mass is 10.1. The molecule has 0 saturated carbocycles. The van der Waals surface area contributed by atoms with Crippen LogP contribution in [0, 0.1) is 25.2 Å². The van der Waals surface area contributed by atoms with E-state index in [0.29, 0.717) is 5.56 Å². The summed E-state index contributed by atoms with van der Waals surface area (Å²) < 4.78 is 0. The SMILES string of the molecule is Cc1csc(C(C)NCc2ccc(C#N)cc2C)n1. The van der Waals surface area contributed by atoms with Crippen LogP contribution in [0.4, 0.5) is 0 Å². The van der Waals surface area contributed by atoms with Gasteiger partial charge in [-0.25, -0.2) is 4.98 Å². The molecule has 1 N–H and O–H groups in total. The molecule has 1 heterocycles. The normalized spacial score (nSPS) is 12.1. The first-order chi connectivity index (χ1) is 9.10. The van der Waals surface area contributed by atoms with Gasteiger partial charge in [-0.2, -0.15) is 5.26 Å². The van der Waals surface area contributed by atoms with E-state index in [1.54, 1.807) is 11.3 Å². The molecule has 0 aliphatic carbocycles. The lowest BCUT2D eigenvalue weighted by Crippen LogP contribution is -2.18. The molecule has 0 amide bonds. The molecule has 4 heteroatoms. The number of aryl methyl sites for hydroxylation is 2. The van der Waals surface area contributed by atoms with Crippen LogP contribution in [-0.4, -0.2) is 4.98 Å². The topological polar surface area (TPSA) is 48.7 Å². The van der Waals surface area contributed by atoms with E-state index in [1.165, 1.54) is 5.56 Å². The minimum absolute atomic E-state index is 0.244. The van der Waals surface area contributed by atoms with Gasteiger partial charge in [0.2, 0.25) is 0 Å². The second-order valence-electron chi connectivity index (χ2n) is 4.68. The number of nitrogens with one attached hydrogen (secondary N) is 1. The third kappa shape index (κ3) is 3.40. The van der Waals surface area contributed by atoms with Crippen molar-refractivity contribution in [1.82, 2.24) is 10.3 Å². The van der Waals surface area contributed by atoms with Crippen molar-refractivity contribution in [3.8, 4) is 6.07 Å². The van der Waals surface area contributed by atoms with Gasteiger partial charge < -0.3 is 5.32 Å². The standard InChI is InChI=1S/C15H17N3S/c1-10-6-13(7-16)4-5-14(10)8-17-12(3)15-18-11(2)9-19-15/h4-6,9,12,17H,8H2,1-3H3. The molecule has 0 aliphatic rings. The predicted octanol–water partition coefficient (Wildman–Crippen LogP) is 3.48. The van der Waals surface area contributed by atoms with Gasteiger partial charge in [-0.15, -0.1) is 11.3 Å². The van der Waals surface area contributed by atoms with Crippen LogP contribution in [0.15, 0.2) is 23.6 Å². The number of benzene rings is 1. The molecule has 1 unspecified atom stereocenters. The van der Waals surface area contributed by atoms with Crippen LogP contribution in [0.25, 0.3) is 0 Å². The van der Waals surface area contributed by atoms with Crippen molar-refractivity contribution in [3.05, 3.63) is 51.0 Å². The molecule has 98 valence electrons. The number of nitrogens with zero attached hydrogens (tertiary/aromatic N) is 2. The Labute approximate surface area is 117 Å².